The minimum atomic E-state index is -0.648. The maximum absolute atomic E-state index is 14.3. The number of primary amides is 1. The number of carbonyl (C=O) groups excluding carboxylic acids is 1. The SMILES string of the molecule is Cc1nc2ccc(Cl)cc2c(-c2ccccc2F)c1C(N)=O.Cl. The fourth-order valence-corrected chi connectivity index (χ4v) is 2.78. The second kappa shape index (κ2) is 6.52. The van der Waals surface area contributed by atoms with E-state index in [2.05, 4.69) is 4.98 Å². The Kier molecular flexibility index (Phi) is 4.88. The van der Waals surface area contributed by atoms with Crippen LogP contribution in [0.5, 0.6) is 0 Å². The van der Waals surface area contributed by atoms with Crippen molar-refractivity contribution in [2.45, 2.75) is 6.92 Å². The summed E-state index contributed by atoms with van der Waals surface area (Å²) in [6.07, 6.45) is 0. The molecule has 118 valence electrons. The molecule has 0 bridgehead atoms. The summed E-state index contributed by atoms with van der Waals surface area (Å²) in [5, 5.41) is 1.07. The van der Waals surface area contributed by atoms with Gasteiger partial charge in [-0.25, -0.2) is 4.39 Å². The molecule has 0 spiro atoms. The van der Waals surface area contributed by atoms with Crippen LogP contribution in [0.4, 0.5) is 4.39 Å². The Morgan fingerprint density at radius 2 is 1.91 bits per heavy atom. The summed E-state index contributed by atoms with van der Waals surface area (Å²) in [4.78, 5) is 16.3. The number of nitrogens with zero attached hydrogens (tertiary/aromatic N) is 1. The van der Waals surface area contributed by atoms with Crippen LogP contribution in [-0.2, 0) is 0 Å². The second-order valence-corrected chi connectivity index (χ2v) is 5.39. The normalized spacial score (nSPS) is 10.4. The first kappa shape index (κ1) is 17.2. The van der Waals surface area contributed by atoms with Gasteiger partial charge in [0.05, 0.1) is 16.8 Å². The fourth-order valence-electron chi connectivity index (χ4n) is 2.60. The highest BCUT2D eigenvalue weighted by molar-refractivity contribution is 6.31. The number of rotatable bonds is 2. The van der Waals surface area contributed by atoms with Crippen molar-refractivity contribution in [1.82, 2.24) is 4.98 Å². The van der Waals surface area contributed by atoms with Crippen LogP contribution in [0.1, 0.15) is 16.1 Å². The molecule has 23 heavy (non-hydrogen) atoms. The number of halogens is 3. The van der Waals surface area contributed by atoms with Crippen LogP contribution in [0.25, 0.3) is 22.0 Å². The van der Waals surface area contributed by atoms with Gasteiger partial charge in [-0.2, -0.15) is 0 Å². The van der Waals surface area contributed by atoms with E-state index < -0.39 is 11.7 Å². The van der Waals surface area contributed by atoms with Gasteiger partial charge in [0, 0.05) is 21.5 Å². The molecule has 1 aromatic heterocycles. The smallest absolute Gasteiger partial charge is 0.251 e. The molecule has 0 radical (unpaired) electrons. The molecular weight excluding hydrogens is 338 g/mol. The summed E-state index contributed by atoms with van der Waals surface area (Å²) in [7, 11) is 0. The third kappa shape index (κ3) is 3.00. The number of aromatic nitrogens is 1. The number of benzene rings is 2. The van der Waals surface area contributed by atoms with Crippen LogP contribution < -0.4 is 5.73 Å². The summed E-state index contributed by atoms with van der Waals surface area (Å²) in [6, 6.07) is 11.3. The van der Waals surface area contributed by atoms with E-state index >= 15 is 0 Å². The quantitative estimate of drug-likeness (QED) is 0.738. The van der Waals surface area contributed by atoms with Crippen LogP contribution in [-0.4, -0.2) is 10.9 Å². The summed E-state index contributed by atoms with van der Waals surface area (Å²) < 4.78 is 14.3. The van der Waals surface area contributed by atoms with Gasteiger partial charge in [-0.3, -0.25) is 9.78 Å². The highest BCUT2D eigenvalue weighted by Crippen LogP contribution is 2.35. The lowest BCUT2D eigenvalue weighted by atomic mass is 9.93. The molecule has 0 fully saturated rings. The lowest BCUT2D eigenvalue weighted by molar-refractivity contribution is 0.1000. The van der Waals surface area contributed by atoms with Gasteiger partial charge in [-0.05, 0) is 31.2 Å². The molecular formula is C17H13Cl2FN2O. The standard InChI is InChI=1S/C17H12ClFN2O.ClH/c1-9-15(17(20)22)16(11-4-2-3-5-13(11)19)12-8-10(18)6-7-14(12)21-9;/h2-8H,1H3,(H2,20,22);1H. The van der Waals surface area contributed by atoms with E-state index in [1.807, 2.05) is 0 Å². The number of nitrogens with two attached hydrogens (primary N) is 1. The molecule has 6 heteroatoms. The number of pyridine rings is 1. The van der Waals surface area contributed by atoms with Crippen molar-refractivity contribution in [2.24, 2.45) is 5.73 Å². The van der Waals surface area contributed by atoms with E-state index in [4.69, 9.17) is 17.3 Å². The summed E-state index contributed by atoms with van der Waals surface area (Å²) in [6.45, 7) is 1.68. The maximum atomic E-state index is 14.3. The number of hydrogen-bond donors (Lipinski definition) is 1. The molecule has 0 saturated carbocycles. The van der Waals surface area contributed by atoms with Crippen molar-refractivity contribution in [1.29, 1.82) is 0 Å². The van der Waals surface area contributed by atoms with Gasteiger partial charge in [0.2, 0.25) is 0 Å². The molecule has 0 aliphatic carbocycles. The van der Waals surface area contributed by atoms with Crippen LogP contribution in [0.3, 0.4) is 0 Å². The van der Waals surface area contributed by atoms with Gasteiger partial charge >= 0.3 is 0 Å². The summed E-state index contributed by atoms with van der Waals surface area (Å²) >= 11 is 6.05. The van der Waals surface area contributed by atoms with E-state index in [1.54, 1.807) is 43.3 Å². The molecule has 3 nitrogen and oxygen atoms in total. The molecule has 3 aromatic rings. The zero-order valence-corrected chi connectivity index (χ0v) is 13.7. The van der Waals surface area contributed by atoms with Crippen LogP contribution in [0.2, 0.25) is 5.02 Å². The minimum Gasteiger partial charge on any atom is -0.366 e. The van der Waals surface area contributed by atoms with Crippen molar-refractivity contribution < 1.29 is 9.18 Å². The van der Waals surface area contributed by atoms with Crippen LogP contribution >= 0.6 is 24.0 Å². The number of carbonyl (C=O) groups is 1. The molecule has 1 amide bonds. The van der Waals surface area contributed by atoms with E-state index in [0.29, 0.717) is 32.7 Å². The molecule has 0 atom stereocenters. The molecule has 2 aromatic carbocycles. The first-order chi connectivity index (χ1) is 10.5. The molecule has 0 saturated heterocycles. The predicted molar refractivity (Wildman–Crippen MR) is 92.6 cm³/mol. The average Bonchev–Trinajstić information content (AvgIpc) is 2.47. The van der Waals surface area contributed by atoms with E-state index in [9.17, 15) is 9.18 Å². The zero-order chi connectivity index (χ0) is 15.9. The maximum Gasteiger partial charge on any atom is 0.251 e. The molecule has 3 rings (SSSR count). The predicted octanol–water partition coefficient (Wildman–Crippen LogP) is 4.52. The summed E-state index contributed by atoms with van der Waals surface area (Å²) in [5.41, 5.74) is 7.52. The Morgan fingerprint density at radius 1 is 1.22 bits per heavy atom. The lowest BCUT2D eigenvalue weighted by Gasteiger charge is -2.14. The molecule has 0 aliphatic rings. The Balaban J connectivity index is 0.00000192. The average molecular weight is 351 g/mol. The topological polar surface area (TPSA) is 56.0 Å². The van der Waals surface area contributed by atoms with Gasteiger partial charge in [-0.15, -0.1) is 12.4 Å². The van der Waals surface area contributed by atoms with Crippen molar-refractivity contribution in [3.63, 3.8) is 0 Å². The molecule has 2 N–H and O–H groups in total. The Morgan fingerprint density at radius 3 is 2.57 bits per heavy atom. The number of aryl methyl sites for hydroxylation is 1. The lowest BCUT2D eigenvalue weighted by Crippen LogP contribution is -2.16. The highest BCUT2D eigenvalue weighted by Gasteiger charge is 2.20. The molecule has 0 aliphatic heterocycles. The third-order valence-corrected chi connectivity index (χ3v) is 3.75. The molecule has 1 heterocycles. The Hall–Kier alpha value is -2.17. The molecule has 0 unspecified atom stereocenters. The van der Waals surface area contributed by atoms with Gasteiger partial charge in [-0.1, -0.05) is 29.8 Å². The number of fused-ring (bicyclic) bond motifs is 1. The van der Waals surface area contributed by atoms with Gasteiger partial charge < -0.3 is 5.73 Å². The third-order valence-electron chi connectivity index (χ3n) is 3.52. The van der Waals surface area contributed by atoms with Gasteiger partial charge in [0.15, 0.2) is 0 Å². The highest BCUT2D eigenvalue weighted by atomic mass is 35.5. The van der Waals surface area contributed by atoms with Crippen LogP contribution in [0, 0.1) is 12.7 Å². The van der Waals surface area contributed by atoms with E-state index in [0.717, 1.165) is 0 Å². The summed E-state index contributed by atoms with van der Waals surface area (Å²) in [5.74, 6) is -1.08. The number of amides is 1. The first-order valence-corrected chi connectivity index (χ1v) is 7.01. The monoisotopic (exact) mass is 350 g/mol. The second-order valence-electron chi connectivity index (χ2n) is 4.95. The van der Waals surface area contributed by atoms with Gasteiger partial charge in [0.25, 0.3) is 5.91 Å². The van der Waals surface area contributed by atoms with Crippen molar-refractivity contribution in [3.05, 3.63) is 64.6 Å². The van der Waals surface area contributed by atoms with Crippen molar-refractivity contribution in [2.75, 3.05) is 0 Å². The van der Waals surface area contributed by atoms with E-state index in [-0.39, 0.29) is 18.0 Å². The van der Waals surface area contributed by atoms with Gasteiger partial charge in [0.1, 0.15) is 5.82 Å². The largest absolute Gasteiger partial charge is 0.366 e. The minimum absolute atomic E-state index is 0. The fraction of sp³-hybridized carbons (Fsp3) is 0.0588. The van der Waals surface area contributed by atoms with Crippen LogP contribution in [0.15, 0.2) is 42.5 Å². The first-order valence-electron chi connectivity index (χ1n) is 6.63. The number of hydrogen-bond acceptors (Lipinski definition) is 2. The van der Waals surface area contributed by atoms with Crippen molar-refractivity contribution in [3.8, 4) is 11.1 Å². The van der Waals surface area contributed by atoms with Crippen molar-refractivity contribution >= 4 is 40.8 Å². The Labute approximate surface area is 143 Å². The Bertz CT molecular complexity index is 912. The zero-order valence-electron chi connectivity index (χ0n) is 12.1. The van der Waals surface area contributed by atoms with E-state index in [1.165, 1.54) is 6.07 Å².